The van der Waals surface area contributed by atoms with Crippen molar-refractivity contribution in [2.75, 3.05) is 0 Å². The molecule has 0 unspecified atom stereocenters. The zero-order valence-corrected chi connectivity index (χ0v) is 20.2. The molecule has 0 fully saturated rings. The van der Waals surface area contributed by atoms with Gasteiger partial charge in [0.05, 0.1) is 0 Å². The minimum atomic E-state index is -0.416. The number of aryl methyl sites for hydroxylation is 2. The lowest BCUT2D eigenvalue weighted by molar-refractivity contribution is -0.129. The molecule has 0 atom stereocenters. The summed E-state index contributed by atoms with van der Waals surface area (Å²) in [5.41, 5.74) is 6.94. The number of hydrogen-bond acceptors (Lipinski definition) is 3. The lowest BCUT2D eigenvalue weighted by Crippen LogP contribution is -2.05. The van der Waals surface area contributed by atoms with Gasteiger partial charge in [0.2, 0.25) is 5.90 Å². The Kier molecular flexibility index (Phi) is 8.08. The van der Waals surface area contributed by atoms with Crippen LogP contribution in [0.15, 0.2) is 83.5 Å². The Morgan fingerprint density at radius 3 is 2.00 bits per heavy atom. The molecule has 1 aliphatic rings. The maximum atomic E-state index is 12.3. The maximum absolute atomic E-state index is 12.3. The maximum Gasteiger partial charge on any atom is 0.363 e. The largest absolute Gasteiger partial charge is 0.402 e. The van der Waals surface area contributed by atoms with Crippen LogP contribution in [-0.2, 0) is 16.0 Å². The third-order valence-electron chi connectivity index (χ3n) is 6.24. The van der Waals surface area contributed by atoms with E-state index in [1.165, 1.54) is 55.2 Å². The number of cyclic esters (lactones) is 1. The molecule has 3 aromatic carbocycles. The van der Waals surface area contributed by atoms with E-state index in [9.17, 15) is 4.79 Å². The number of unbranched alkanes of at least 4 members (excludes halogenated alkanes) is 5. The van der Waals surface area contributed by atoms with Gasteiger partial charge in [-0.1, -0.05) is 105 Å². The molecule has 4 rings (SSSR count). The van der Waals surface area contributed by atoms with Crippen LogP contribution >= 0.6 is 0 Å². The van der Waals surface area contributed by atoms with Crippen LogP contribution < -0.4 is 0 Å². The Morgan fingerprint density at radius 1 is 0.735 bits per heavy atom. The molecule has 0 amide bonds. The van der Waals surface area contributed by atoms with Gasteiger partial charge in [-0.25, -0.2) is 9.79 Å². The van der Waals surface area contributed by atoms with E-state index < -0.39 is 5.97 Å². The van der Waals surface area contributed by atoms with Crippen LogP contribution in [0, 0.1) is 6.92 Å². The van der Waals surface area contributed by atoms with Crippen molar-refractivity contribution in [2.45, 2.75) is 58.8 Å². The normalized spacial score (nSPS) is 14.4. The van der Waals surface area contributed by atoms with Crippen LogP contribution in [0.2, 0.25) is 0 Å². The van der Waals surface area contributed by atoms with Gasteiger partial charge in [-0.3, -0.25) is 0 Å². The van der Waals surface area contributed by atoms with Crippen molar-refractivity contribution in [1.29, 1.82) is 0 Å². The van der Waals surface area contributed by atoms with Crippen molar-refractivity contribution >= 4 is 17.9 Å². The summed E-state index contributed by atoms with van der Waals surface area (Å²) in [6, 6.07) is 24.8. The van der Waals surface area contributed by atoms with E-state index in [4.69, 9.17) is 4.74 Å². The van der Waals surface area contributed by atoms with Gasteiger partial charge in [-0.05, 0) is 60.2 Å². The Morgan fingerprint density at radius 2 is 1.32 bits per heavy atom. The summed E-state index contributed by atoms with van der Waals surface area (Å²) in [6.45, 7) is 4.29. The summed E-state index contributed by atoms with van der Waals surface area (Å²) in [5, 5.41) is 0. The highest BCUT2D eigenvalue weighted by atomic mass is 16.6. The summed E-state index contributed by atoms with van der Waals surface area (Å²) in [7, 11) is 0. The van der Waals surface area contributed by atoms with Crippen LogP contribution in [0.1, 0.15) is 67.7 Å². The fraction of sp³-hybridized carbons (Fsp3) is 0.290. The summed E-state index contributed by atoms with van der Waals surface area (Å²) in [4.78, 5) is 16.7. The third kappa shape index (κ3) is 6.32. The van der Waals surface area contributed by atoms with Crippen molar-refractivity contribution in [1.82, 2.24) is 0 Å². The second-order valence-electron chi connectivity index (χ2n) is 9.04. The fourth-order valence-corrected chi connectivity index (χ4v) is 4.13. The monoisotopic (exact) mass is 451 g/mol. The highest BCUT2D eigenvalue weighted by Crippen LogP contribution is 2.24. The molecular formula is C31H33NO2. The van der Waals surface area contributed by atoms with Gasteiger partial charge in [-0.2, -0.15) is 0 Å². The van der Waals surface area contributed by atoms with E-state index in [1.54, 1.807) is 6.08 Å². The first kappa shape index (κ1) is 23.7. The first-order valence-electron chi connectivity index (χ1n) is 12.4. The van der Waals surface area contributed by atoms with Gasteiger partial charge in [0.25, 0.3) is 0 Å². The lowest BCUT2D eigenvalue weighted by atomic mass is 10.00. The Hall–Kier alpha value is -3.46. The molecule has 0 N–H and O–H groups in total. The topological polar surface area (TPSA) is 38.7 Å². The minimum Gasteiger partial charge on any atom is -0.402 e. The number of benzene rings is 3. The smallest absolute Gasteiger partial charge is 0.363 e. The number of carbonyl (C=O) groups is 1. The van der Waals surface area contributed by atoms with Crippen LogP contribution in [0.3, 0.4) is 0 Å². The fourth-order valence-electron chi connectivity index (χ4n) is 4.13. The molecule has 0 spiro atoms. The van der Waals surface area contributed by atoms with Crippen molar-refractivity contribution < 1.29 is 9.53 Å². The van der Waals surface area contributed by atoms with Gasteiger partial charge in [0, 0.05) is 5.56 Å². The number of aliphatic imine (C=N–C) groups is 1. The second kappa shape index (κ2) is 11.6. The number of nitrogens with zero attached hydrogens (tertiary/aromatic N) is 1. The molecule has 0 saturated carbocycles. The number of hydrogen-bond donors (Lipinski definition) is 0. The lowest BCUT2D eigenvalue weighted by Gasteiger charge is -2.06. The van der Waals surface area contributed by atoms with Crippen molar-refractivity contribution in [3.8, 4) is 11.1 Å². The zero-order chi connectivity index (χ0) is 23.8. The predicted molar refractivity (Wildman–Crippen MR) is 141 cm³/mol. The molecule has 3 nitrogen and oxygen atoms in total. The third-order valence-corrected chi connectivity index (χ3v) is 6.24. The van der Waals surface area contributed by atoms with Crippen molar-refractivity contribution in [2.24, 2.45) is 4.99 Å². The first-order valence-corrected chi connectivity index (χ1v) is 12.4. The zero-order valence-electron chi connectivity index (χ0n) is 20.2. The molecule has 0 aromatic heterocycles. The molecule has 1 heterocycles. The van der Waals surface area contributed by atoms with Gasteiger partial charge < -0.3 is 4.74 Å². The molecular weight excluding hydrogens is 418 g/mol. The molecule has 0 bridgehead atoms. The van der Waals surface area contributed by atoms with Gasteiger partial charge in [0.1, 0.15) is 0 Å². The average Bonchev–Trinajstić information content (AvgIpc) is 3.23. The molecule has 0 saturated heterocycles. The first-order chi connectivity index (χ1) is 16.6. The predicted octanol–water partition coefficient (Wildman–Crippen LogP) is 7.91. The van der Waals surface area contributed by atoms with E-state index >= 15 is 0 Å². The quantitative estimate of drug-likeness (QED) is 0.178. The van der Waals surface area contributed by atoms with Crippen molar-refractivity contribution in [3.63, 3.8) is 0 Å². The van der Waals surface area contributed by atoms with E-state index in [1.807, 2.05) is 43.3 Å². The number of carbonyl (C=O) groups excluding carboxylic acids is 1. The summed E-state index contributed by atoms with van der Waals surface area (Å²) in [6.07, 6.45) is 10.9. The number of ether oxygens (including phenoxy) is 1. The van der Waals surface area contributed by atoms with Gasteiger partial charge in [-0.15, -0.1) is 0 Å². The minimum absolute atomic E-state index is 0.323. The Balaban J connectivity index is 1.37. The van der Waals surface area contributed by atoms with E-state index in [0.29, 0.717) is 11.6 Å². The standard InChI is InChI=1S/C31H33NO2/c1-3-4-5-6-7-8-9-24-14-16-26(17-15-24)27-18-20-28(21-19-27)30-32-29(31(33)34-30)22-25-12-10-23(2)11-13-25/h10-22H,3-9H2,1-2H3. The van der Waals surface area contributed by atoms with Gasteiger partial charge in [0.15, 0.2) is 5.70 Å². The SMILES string of the molecule is CCCCCCCCc1ccc(-c2ccc(C3=NC(=Cc4ccc(C)cc4)C(=O)O3)cc2)cc1. The van der Waals surface area contributed by atoms with Crippen LogP contribution in [0.25, 0.3) is 17.2 Å². The average molecular weight is 452 g/mol. The molecule has 1 aliphatic heterocycles. The highest BCUT2D eigenvalue weighted by Gasteiger charge is 2.24. The van der Waals surface area contributed by atoms with E-state index in [0.717, 1.165) is 23.1 Å². The molecule has 34 heavy (non-hydrogen) atoms. The van der Waals surface area contributed by atoms with Crippen LogP contribution in [-0.4, -0.2) is 11.9 Å². The van der Waals surface area contributed by atoms with Gasteiger partial charge >= 0.3 is 5.97 Å². The molecule has 174 valence electrons. The van der Waals surface area contributed by atoms with Crippen molar-refractivity contribution in [3.05, 3.63) is 101 Å². The van der Waals surface area contributed by atoms with Crippen LogP contribution in [0.5, 0.6) is 0 Å². The Labute approximate surface area is 203 Å². The number of rotatable bonds is 10. The second-order valence-corrected chi connectivity index (χ2v) is 9.04. The summed E-state index contributed by atoms with van der Waals surface area (Å²) < 4.78 is 5.43. The summed E-state index contributed by atoms with van der Waals surface area (Å²) >= 11 is 0. The highest BCUT2D eigenvalue weighted by molar-refractivity contribution is 6.12. The molecule has 3 aromatic rings. The molecule has 3 heteroatoms. The van der Waals surface area contributed by atoms with Crippen LogP contribution in [0.4, 0.5) is 0 Å². The molecule has 0 radical (unpaired) electrons. The summed E-state index contributed by atoms with van der Waals surface area (Å²) in [5.74, 6) is -0.0650. The molecule has 0 aliphatic carbocycles. The van der Waals surface area contributed by atoms with E-state index in [2.05, 4.69) is 48.3 Å². The Bertz CT molecular complexity index is 1150. The number of esters is 1. The van der Waals surface area contributed by atoms with E-state index in [-0.39, 0.29) is 0 Å².